The number of likely N-dealkylation sites (N-methyl/N-ethyl adjacent to an activating group) is 1. The fraction of sp³-hybridized carbons (Fsp3) is 0.400. The molecule has 0 aliphatic carbocycles. The smallest absolute Gasteiger partial charge is 0.322 e. The molecule has 1 unspecified atom stereocenters. The molecule has 0 spiro atoms. The molecule has 4 rings (SSSR count). The number of methoxy groups -OCH3 is 1. The Bertz CT molecular complexity index is 986. The van der Waals surface area contributed by atoms with Gasteiger partial charge in [0.15, 0.2) is 6.23 Å². The molecule has 2 aliphatic rings. The monoisotopic (exact) mass is 436 g/mol. The summed E-state index contributed by atoms with van der Waals surface area (Å²) in [5.74, 6) is 0.812. The summed E-state index contributed by atoms with van der Waals surface area (Å²) in [6.45, 7) is 9.08. The Morgan fingerprint density at radius 3 is 2.32 bits per heavy atom. The van der Waals surface area contributed by atoms with Gasteiger partial charge >= 0.3 is 6.03 Å². The van der Waals surface area contributed by atoms with Gasteiger partial charge in [0, 0.05) is 7.05 Å². The zero-order valence-electron chi connectivity index (χ0n) is 19.2. The van der Waals surface area contributed by atoms with Gasteiger partial charge in [-0.05, 0) is 41.5 Å². The minimum absolute atomic E-state index is 0.00354. The summed E-state index contributed by atoms with van der Waals surface area (Å²) in [5.41, 5.74) is 2.20. The van der Waals surface area contributed by atoms with E-state index in [0.717, 1.165) is 16.9 Å². The molecule has 31 heavy (non-hydrogen) atoms. The van der Waals surface area contributed by atoms with Crippen molar-refractivity contribution < 1.29 is 14.3 Å². The highest BCUT2D eigenvalue weighted by Gasteiger charge is 2.49. The molecule has 2 aromatic carbocycles. The van der Waals surface area contributed by atoms with E-state index >= 15 is 0 Å². The molecule has 0 radical (unpaired) electrons. The summed E-state index contributed by atoms with van der Waals surface area (Å²) in [6.07, 6.45) is 1.64. The maximum Gasteiger partial charge on any atom is 0.322 e. The van der Waals surface area contributed by atoms with Gasteiger partial charge in [0.1, 0.15) is 11.9 Å². The second-order valence-electron chi connectivity index (χ2n) is 9.45. The fourth-order valence-corrected chi connectivity index (χ4v) is 6.28. The van der Waals surface area contributed by atoms with Crippen LogP contribution in [0.2, 0.25) is 19.6 Å². The SMILES string of the molecule is COc1cccc([C@@H]2OC(N3C(=O)N(C)[C@@H](C)[C@H]3c3ccccc3)C=C2[Si](C)(C)C)c1. The predicted octanol–water partition coefficient (Wildman–Crippen LogP) is 5.39. The summed E-state index contributed by atoms with van der Waals surface area (Å²) < 4.78 is 12.1. The average molecular weight is 437 g/mol. The Morgan fingerprint density at radius 2 is 1.68 bits per heavy atom. The number of nitrogens with zero attached hydrogens (tertiary/aromatic N) is 2. The van der Waals surface area contributed by atoms with Gasteiger partial charge in [-0.2, -0.15) is 0 Å². The summed E-state index contributed by atoms with van der Waals surface area (Å²) in [4.78, 5) is 17.1. The average Bonchev–Trinajstić information content (AvgIpc) is 3.30. The third-order valence-electron chi connectivity index (χ3n) is 6.45. The molecular formula is C25H32N2O3Si. The zero-order valence-corrected chi connectivity index (χ0v) is 20.2. The van der Waals surface area contributed by atoms with E-state index in [1.165, 1.54) is 5.20 Å². The molecule has 1 saturated heterocycles. The van der Waals surface area contributed by atoms with Crippen LogP contribution in [0.4, 0.5) is 4.79 Å². The van der Waals surface area contributed by atoms with E-state index in [0.29, 0.717) is 0 Å². The number of hydrogen-bond acceptors (Lipinski definition) is 3. The van der Waals surface area contributed by atoms with Crippen molar-refractivity contribution in [2.75, 3.05) is 14.2 Å². The van der Waals surface area contributed by atoms with Crippen molar-refractivity contribution in [2.24, 2.45) is 0 Å². The number of ether oxygens (including phenoxy) is 2. The maximum absolute atomic E-state index is 13.3. The number of hydrogen-bond donors (Lipinski definition) is 0. The molecule has 2 amide bonds. The van der Waals surface area contributed by atoms with Crippen LogP contribution in [0.5, 0.6) is 5.75 Å². The Hall–Kier alpha value is -2.57. The van der Waals surface area contributed by atoms with E-state index in [2.05, 4.69) is 50.8 Å². The molecule has 0 aromatic heterocycles. The highest BCUT2D eigenvalue weighted by molar-refractivity contribution is 6.83. The lowest BCUT2D eigenvalue weighted by Gasteiger charge is -2.31. The highest BCUT2D eigenvalue weighted by atomic mass is 28.3. The highest BCUT2D eigenvalue weighted by Crippen LogP contribution is 2.45. The maximum atomic E-state index is 13.3. The quantitative estimate of drug-likeness (QED) is 0.590. The van der Waals surface area contributed by atoms with Crippen LogP contribution in [-0.4, -0.2) is 50.3 Å². The molecule has 2 heterocycles. The Balaban J connectivity index is 1.74. The van der Waals surface area contributed by atoms with Crippen LogP contribution in [-0.2, 0) is 4.74 Å². The summed E-state index contributed by atoms with van der Waals surface area (Å²) in [7, 11) is 1.85. The second-order valence-corrected chi connectivity index (χ2v) is 14.5. The first kappa shape index (κ1) is 21.7. The zero-order chi connectivity index (χ0) is 22.3. The molecule has 4 atom stereocenters. The summed E-state index contributed by atoms with van der Waals surface area (Å²) in [6, 6.07) is 18.3. The molecule has 2 aromatic rings. The van der Waals surface area contributed by atoms with Crippen molar-refractivity contribution in [3.8, 4) is 5.75 Å². The van der Waals surface area contributed by atoms with Gasteiger partial charge < -0.3 is 14.4 Å². The van der Waals surface area contributed by atoms with Crippen molar-refractivity contribution in [2.45, 2.75) is 51.0 Å². The lowest BCUT2D eigenvalue weighted by molar-refractivity contribution is -0.0302. The van der Waals surface area contributed by atoms with E-state index in [-0.39, 0.29) is 24.2 Å². The lowest BCUT2D eigenvalue weighted by atomic mass is 10.0. The normalized spacial score (nSPS) is 26.4. The van der Waals surface area contributed by atoms with Crippen molar-refractivity contribution >= 4 is 14.1 Å². The van der Waals surface area contributed by atoms with E-state index in [1.54, 1.807) is 7.11 Å². The number of rotatable bonds is 5. The number of carbonyl (C=O) groups is 1. The molecule has 164 valence electrons. The van der Waals surface area contributed by atoms with E-state index in [9.17, 15) is 4.79 Å². The minimum Gasteiger partial charge on any atom is -0.497 e. The lowest BCUT2D eigenvalue weighted by Crippen LogP contribution is -2.39. The van der Waals surface area contributed by atoms with E-state index < -0.39 is 14.3 Å². The number of benzene rings is 2. The van der Waals surface area contributed by atoms with Crippen LogP contribution in [0.25, 0.3) is 0 Å². The van der Waals surface area contributed by atoms with E-state index in [4.69, 9.17) is 9.47 Å². The number of urea groups is 1. The van der Waals surface area contributed by atoms with Gasteiger partial charge in [-0.1, -0.05) is 62.1 Å². The van der Waals surface area contributed by atoms with Gasteiger partial charge in [-0.15, -0.1) is 0 Å². The second kappa shape index (κ2) is 8.17. The molecule has 0 saturated carbocycles. The molecule has 5 nitrogen and oxygen atoms in total. The molecule has 6 heteroatoms. The van der Waals surface area contributed by atoms with Gasteiger partial charge in [0.2, 0.25) is 0 Å². The molecule has 2 aliphatic heterocycles. The summed E-state index contributed by atoms with van der Waals surface area (Å²) in [5, 5.41) is 1.31. The van der Waals surface area contributed by atoms with Crippen LogP contribution in [0.15, 0.2) is 65.9 Å². The predicted molar refractivity (Wildman–Crippen MR) is 126 cm³/mol. The van der Waals surface area contributed by atoms with Crippen molar-refractivity contribution in [1.29, 1.82) is 0 Å². The van der Waals surface area contributed by atoms with Crippen molar-refractivity contribution in [1.82, 2.24) is 9.80 Å². The Morgan fingerprint density at radius 1 is 1.00 bits per heavy atom. The molecule has 1 fully saturated rings. The Labute approximate surface area is 186 Å². The molecule has 0 bridgehead atoms. The first-order valence-electron chi connectivity index (χ1n) is 10.8. The number of carbonyl (C=O) groups excluding carboxylic acids is 1. The third kappa shape index (κ3) is 3.90. The number of amides is 2. The van der Waals surface area contributed by atoms with Gasteiger partial charge in [-0.3, -0.25) is 4.90 Å². The van der Waals surface area contributed by atoms with Crippen molar-refractivity contribution in [3.05, 3.63) is 77.0 Å². The van der Waals surface area contributed by atoms with Crippen LogP contribution in [0.3, 0.4) is 0 Å². The molecular weight excluding hydrogens is 404 g/mol. The van der Waals surface area contributed by atoms with Crippen LogP contribution in [0, 0.1) is 0 Å². The van der Waals surface area contributed by atoms with Gasteiger partial charge in [-0.25, -0.2) is 4.79 Å². The van der Waals surface area contributed by atoms with Gasteiger partial charge in [0.25, 0.3) is 0 Å². The van der Waals surface area contributed by atoms with Crippen LogP contribution in [0.1, 0.15) is 30.2 Å². The third-order valence-corrected chi connectivity index (χ3v) is 8.61. The largest absolute Gasteiger partial charge is 0.497 e. The topological polar surface area (TPSA) is 42.0 Å². The van der Waals surface area contributed by atoms with Crippen LogP contribution < -0.4 is 4.74 Å². The minimum atomic E-state index is -1.70. The standard InChI is InChI=1S/C25H32N2O3Si/c1-17-23(18-11-8-7-9-12-18)27(25(28)26(17)2)22-16-21(31(4,5)6)24(30-22)19-13-10-14-20(15-19)29-3/h7-17,22-24H,1-6H3/t17-,22?,23-,24-/m0/s1. The first-order chi connectivity index (χ1) is 14.7. The molecule has 0 N–H and O–H groups in total. The van der Waals surface area contributed by atoms with Crippen molar-refractivity contribution in [3.63, 3.8) is 0 Å². The van der Waals surface area contributed by atoms with Gasteiger partial charge in [0.05, 0.1) is 27.3 Å². The first-order valence-corrected chi connectivity index (χ1v) is 14.3. The van der Waals surface area contributed by atoms with E-state index in [1.807, 2.05) is 53.2 Å². The Kier molecular flexibility index (Phi) is 5.70. The van der Waals surface area contributed by atoms with Crippen LogP contribution >= 0.6 is 0 Å². The summed E-state index contributed by atoms with van der Waals surface area (Å²) >= 11 is 0. The fourth-order valence-electron chi connectivity index (χ4n) is 4.62.